The number of halogens is 3. The molecule has 1 amide bonds. The van der Waals surface area contributed by atoms with E-state index in [0.29, 0.717) is 0 Å². The maximum atomic E-state index is 10.8. The Morgan fingerprint density at radius 2 is 1.75 bits per heavy atom. The summed E-state index contributed by atoms with van der Waals surface area (Å²) < 4.78 is 32.3. The van der Waals surface area contributed by atoms with Crippen LogP contribution in [0.1, 0.15) is 0 Å². The molecule has 8 heavy (non-hydrogen) atoms. The minimum atomic E-state index is -4.89. The van der Waals surface area contributed by atoms with Crippen LogP contribution in [0.15, 0.2) is 0 Å². The normalized spacial score (nSPS) is 10.9. The van der Waals surface area contributed by atoms with Gasteiger partial charge in [-0.3, -0.25) is 0 Å². The smallest absolute Gasteiger partial charge is 0.229 e. The third-order valence-corrected chi connectivity index (χ3v) is 0.244. The number of alkyl halides is 3. The van der Waals surface area contributed by atoms with Gasteiger partial charge in [0.2, 0.25) is 0 Å². The van der Waals surface area contributed by atoms with Crippen molar-refractivity contribution in [1.82, 2.24) is 5.32 Å². The van der Waals surface area contributed by atoms with Gasteiger partial charge in [0.1, 0.15) is 0 Å². The third-order valence-electron chi connectivity index (χ3n) is 0.244. The van der Waals surface area contributed by atoms with Crippen LogP contribution in [0, 0.1) is 0 Å². The maximum absolute atomic E-state index is 10.8. The second-order valence-electron chi connectivity index (χ2n) is 0.910. The van der Waals surface area contributed by atoms with Crippen molar-refractivity contribution in [1.29, 1.82) is 0 Å². The van der Waals surface area contributed by atoms with Gasteiger partial charge < -0.3 is 0 Å². The van der Waals surface area contributed by atoms with E-state index >= 15 is 0 Å². The van der Waals surface area contributed by atoms with Crippen molar-refractivity contribution in [3.8, 4) is 0 Å². The number of carbonyl (C=O) groups is 1. The van der Waals surface area contributed by atoms with Crippen molar-refractivity contribution in [2.75, 3.05) is 0 Å². The molecule has 0 aromatic heterocycles. The molecule has 0 aliphatic carbocycles. The standard InChI is InChI=1S/C2HF3NO2/c3-2(4,5)6-1(7)8/h6H. The van der Waals surface area contributed by atoms with Crippen molar-refractivity contribution in [3.63, 3.8) is 0 Å². The summed E-state index contributed by atoms with van der Waals surface area (Å²) in [6, 6.07) is 0. The van der Waals surface area contributed by atoms with E-state index in [9.17, 15) is 13.2 Å². The van der Waals surface area contributed by atoms with Gasteiger partial charge in [0.15, 0.2) is 0 Å². The van der Waals surface area contributed by atoms with Crippen LogP contribution in [0.4, 0.5) is 18.0 Å². The quantitative estimate of drug-likeness (QED) is 0.478. The molecule has 0 aromatic rings. The van der Waals surface area contributed by atoms with Crippen molar-refractivity contribution in [2.45, 2.75) is 6.30 Å². The van der Waals surface area contributed by atoms with Crippen molar-refractivity contribution in [2.24, 2.45) is 0 Å². The summed E-state index contributed by atoms with van der Waals surface area (Å²) in [6.45, 7) is 0. The van der Waals surface area contributed by atoms with E-state index in [2.05, 4.69) is 0 Å². The summed E-state index contributed by atoms with van der Waals surface area (Å²) in [4.78, 5) is 9.07. The highest BCUT2D eigenvalue weighted by Gasteiger charge is 2.30. The summed E-state index contributed by atoms with van der Waals surface area (Å²) >= 11 is 0. The molecule has 0 atom stereocenters. The average molecular weight is 128 g/mol. The molecule has 0 unspecified atom stereocenters. The molecule has 3 nitrogen and oxygen atoms in total. The molecule has 47 valence electrons. The van der Waals surface area contributed by atoms with Crippen LogP contribution in [0.25, 0.3) is 0 Å². The van der Waals surface area contributed by atoms with Gasteiger partial charge in [0.05, 0.1) is 0 Å². The predicted octanol–water partition coefficient (Wildman–Crippen LogP) is 0.646. The van der Waals surface area contributed by atoms with E-state index < -0.39 is 12.4 Å². The van der Waals surface area contributed by atoms with Gasteiger partial charge in [-0.25, -0.2) is 15.2 Å². The highest BCUT2D eigenvalue weighted by Crippen LogP contribution is 2.08. The predicted molar refractivity (Wildman–Crippen MR) is 15.3 cm³/mol. The number of hydrogen-bond acceptors (Lipinski definition) is 1. The fourth-order valence-corrected chi connectivity index (χ4v) is 0.116. The van der Waals surface area contributed by atoms with Crippen LogP contribution in [0.3, 0.4) is 0 Å². The minimum absolute atomic E-state index is 0.188. The zero-order valence-electron chi connectivity index (χ0n) is 3.45. The fraction of sp³-hybridized carbons (Fsp3) is 0.500. The topological polar surface area (TPSA) is 49.0 Å². The van der Waals surface area contributed by atoms with E-state index in [-0.39, 0.29) is 5.32 Å². The summed E-state index contributed by atoms with van der Waals surface area (Å²) in [5.41, 5.74) is 0. The first kappa shape index (κ1) is 7.06. The van der Waals surface area contributed by atoms with Crippen LogP contribution < -0.4 is 5.32 Å². The SMILES string of the molecule is [O]C(=O)NC(F)(F)F. The Hall–Kier alpha value is -0.940. The average Bonchev–Trinajstić information content (AvgIpc) is 1.21. The van der Waals surface area contributed by atoms with E-state index in [0.717, 1.165) is 0 Å². The van der Waals surface area contributed by atoms with Gasteiger partial charge in [-0.05, 0) is 0 Å². The molecule has 0 saturated heterocycles. The molecule has 0 aliphatic rings. The van der Waals surface area contributed by atoms with E-state index in [4.69, 9.17) is 9.90 Å². The molecular weight excluding hydrogens is 127 g/mol. The Morgan fingerprint density at radius 1 is 1.38 bits per heavy atom. The van der Waals surface area contributed by atoms with Gasteiger partial charge in [0, 0.05) is 0 Å². The molecule has 1 N–H and O–H groups in total. The monoisotopic (exact) mass is 128 g/mol. The van der Waals surface area contributed by atoms with E-state index in [1.807, 2.05) is 0 Å². The fourth-order valence-electron chi connectivity index (χ4n) is 0.116. The number of nitrogens with one attached hydrogen (secondary N) is 1. The number of rotatable bonds is 0. The first-order chi connectivity index (χ1) is 3.42. The van der Waals surface area contributed by atoms with Crippen LogP contribution in [0.5, 0.6) is 0 Å². The Bertz CT molecular complexity index is 97.9. The second kappa shape index (κ2) is 1.89. The molecule has 0 spiro atoms. The largest absolute Gasteiger partial charge is 0.487 e. The minimum Gasteiger partial charge on any atom is -0.229 e. The summed E-state index contributed by atoms with van der Waals surface area (Å²) in [5.74, 6) is 0. The number of hydrogen-bond donors (Lipinski definition) is 1. The van der Waals surface area contributed by atoms with Gasteiger partial charge in [0.25, 0.3) is 0 Å². The molecule has 0 bridgehead atoms. The Morgan fingerprint density at radius 3 is 1.75 bits per heavy atom. The molecule has 1 radical (unpaired) electrons. The summed E-state index contributed by atoms with van der Waals surface area (Å²) in [6.07, 6.45) is -7.24. The Balaban J connectivity index is 3.55. The van der Waals surface area contributed by atoms with Crippen molar-refractivity contribution < 1.29 is 23.1 Å². The molecular formula is C2HF3NO2. The summed E-state index contributed by atoms with van der Waals surface area (Å²) in [5, 5.41) is 9.26. The third kappa shape index (κ3) is 5.06. The zero-order valence-corrected chi connectivity index (χ0v) is 3.45. The lowest BCUT2D eigenvalue weighted by atomic mass is 11.0. The van der Waals surface area contributed by atoms with Crippen LogP contribution in [-0.2, 0) is 5.11 Å². The highest BCUT2D eigenvalue weighted by molar-refractivity contribution is 5.64. The van der Waals surface area contributed by atoms with Crippen LogP contribution >= 0.6 is 0 Å². The molecule has 0 rings (SSSR count). The zero-order chi connectivity index (χ0) is 6.78. The lowest BCUT2D eigenvalue weighted by molar-refractivity contribution is -0.149. The van der Waals surface area contributed by atoms with Gasteiger partial charge in [-0.2, -0.15) is 13.2 Å². The van der Waals surface area contributed by atoms with Crippen LogP contribution in [0.2, 0.25) is 0 Å². The maximum Gasteiger partial charge on any atom is 0.487 e. The summed E-state index contributed by atoms with van der Waals surface area (Å²) in [7, 11) is 0. The van der Waals surface area contributed by atoms with Crippen LogP contribution in [-0.4, -0.2) is 12.4 Å². The molecule has 0 heterocycles. The first-order valence-corrected chi connectivity index (χ1v) is 1.48. The Labute approximate surface area is 42.1 Å². The number of amides is 1. The van der Waals surface area contributed by atoms with E-state index in [1.54, 1.807) is 0 Å². The molecule has 6 heteroatoms. The molecule has 0 saturated carbocycles. The lowest BCUT2D eigenvalue weighted by Crippen LogP contribution is -2.35. The first-order valence-electron chi connectivity index (χ1n) is 1.48. The van der Waals surface area contributed by atoms with Gasteiger partial charge in [-0.1, -0.05) is 0 Å². The highest BCUT2D eigenvalue weighted by atomic mass is 19.4. The Kier molecular flexibility index (Phi) is 1.67. The lowest BCUT2D eigenvalue weighted by Gasteiger charge is -2.00. The van der Waals surface area contributed by atoms with Crippen molar-refractivity contribution in [3.05, 3.63) is 0 Å². The molecule has 0 aromatic carbocycles. The van der Waals surface area contributed by atoms with Crippen molar-refractivity contribution >= 4 is 6.09 Å². The van der Waals surface area contributed by atoms with E-state index in [1.165, 1.54) is 0 Å². The van der Waals surface area contributed by atoms with Gasteiger partial charge >= 0.3 is 12.4 Å². The number of carbonyl (C=O) groups excluding carboxylic acids is 1. The van der Waals surface area contributed by atoms with Gasteiger partial charge in [-0.15, -0.1) is 0 Å². The second-order valence-corrected chi connectivity index (χ2v) is 0.910. The molecule has 0 aliphatic heterocycles. The molecule has 0 fully saturated rings.